The molecule has 208 valence electrons. The van der Waals surface area contributed by atoms with Crippen LogP contribution < -0.4 is 14.8 Å². The number of nitrogens with one attached hydrogen (secondary N) is 1. The van der Waals surface area contributed by atoms with Gasteiger partial charge in [0.05, 0.1) is 43.9 Å². The Balaban J connectivity index is 1.48. The number of methoxy groups -OCH3 is 2. The molecule has 8 nitrogen and oxygen atoms in total. The van der Waals surface area contributed by atoms with Gasteiger partial charge < -0.3 is 24.3 Å². The van der Waals surface area contributed by atoms with Crippen LogP contribution in [-0.4, -0.2) is 39.5 Å². The topological polar surface area (TPSA) is 73.6 Å². The predicted molar refractivity (Wildman–Crippen MR) is 158 cm³/mol. The van der Waals surface area contributed by atoms with Crippen molar-refractivity contribution in [2.45, 2.75) is 32.5 Å². The molecule has 1 aliphatic heterocycles. The van der Waals surface area contributed by atoms with E-state index >= 15 is 0 Å². The maximum atomic E-state index is 14.2. The van der Waals surface area contributed by atoms with E-state index in [1.807, 2.05) is 82.4 Å². The van der Waals surface area contributed by atoms with Gasteiger partial charge in [0, 0.05) is 18.3 Å². The van der Waals surface area contributed by atoms with Crippen molar-refractivity contribution in [2.24, 2.45) is 0 Å². The van der Waals surface area contributed by atoms with Gasteiger partial charge in [0.1, 0.15) is 17.3 Å². The molecule has 41 heavy (non-hydrogen) atoms. The number of hydrogen-bond acceptors (Lipinski definition) is 4. The number of carbonyl (C=O) groups excluding carboxylic acids is 1. The lowest BCUT2D eigenvalue weighted by Gasteiger charge is -2.31. The smallest absolute Gasteiger partial charge is 0.318 e. The molecule has 0 aliphatic carbocycles. The Morgan fingerprint density at radius 2 is 1.68 bits per heavy atom. The van der Waals surface area contributed by atoms with Gasteiger partial charge in [0.15, 0.2) is 0 Å². The minimum absolute atomic E-state index is 0.171. The number of rotatable bonds is 7. The van der Waals surface area contributed by atoms with Crippen LogP contribution >= 0.6 is 0 Å². The van der Waals surface area contributed by atoms with E-state index in [2.05, 4.69) is 41.2 Å². The van der Waals surface area contributed by atoms with Gasteiger partial charge in [-0.1, -0.05) is 49.4 Å². The molecule has 1 N–H and O–H groups in total. The Kier molecular flexibility index (Phi) is 7.20. The first-order valence-electron chi connectivity index (χ1n) is 13.8. The van der Waals surface area contributed by atoms with E-state index in [0.29, 0.717) is 13.1 Å². The Morgan fingerprint density at radius 3 is 2.44 bits per heavy atom. The summed E-state index contributed by atoms with van der Waals surface area (Å²) >= 11 is 0. The van der Waals surface area contributed by atoms with Crippen molar-refractivity contribution < 1.29 is 14.3 Å². The van der Waals surface area contributed by atoms with Crippen molar-refractivity contribution >= 4 is 6.03 Å². The zero-order chi connectivity index (χ0) is 28.3. The molecule has 8 heteroatoms. The molecule has 3 aromatic carbocycles. The number of nitrogens with zero attached hydrogens (tertiary/aromatic N) is 4. The lowest BCUT2D eigenvalue weighted by Crippen LogP contribution is -2.41. The highest BCUT2D eigenvalue weighted by Crippen LogP contribution is 2.39. The van der Waals surface area contributed by atoms with Crippen LogP contribution in [-0.2, 0) is 19.5 Å². The first-order valence-corrected chi connectivity index (χ1v) is 13.8. The van der Waals surface area contributed by atoms with Crippen LogP contribution in [0.3, 0.4) is 0 Å². The molecule has 3 heterocycles. The highest BCUT2D eigenvalue weighted by molar-refractivity contribution is 5.76. The highest BCUT2D eigenvalue weighted by Gasteiger charge is 2.36. The van der Waals surface area contributed by atoms with Crippen molar-refractivity contribution in [3.05, 3.63) is 125 Å². The molecule has 0 saturated carbocycles. The third-order valence-corrected chi connectivity index (χ3v) is 7.55. The van der Waals surface area contributed by atoms with E-state index in [1.54, 1.807) is 14.2 Å². The summed E-state index contributed by atoms with van der Waals surface area (Å²) in [4.78, 5) is 16.1. The monoisotopic (exact) mass is 547 g/mol. The van der Waals surface area contributed by atoms with E-state index in [0.717, 1.165) is 57.5 Å². The van der Waals surface area contributed by atoms with Gasteiger partial charge in [-0.15, -0.1) is 0 Å². The molecule has 6 rings (SSSR count). The number of benzene rings is 3. The van der Waals surface area contributed by atoms with Gasteiger partial charge in [-0.2, -0.15) is 5.10 Å². The molecule has 0 saturated heterocycles. The van der Waals surface area contributed by atoms with Crippen LogP contribution in [0, 0.1) is 0 Å². The fourth-order valence-electron chi connectivity index (χ4n) is 5.57. The molecule has 0 fully saturated rings. The van der Waals surface area contributed by atoms with E-state index in [-0.39, 0.29) is 12.1 Å². The molecular weight excluding hydrogens is 514 g/mol. The quantitative estimate of drug-likeness (QED) is 0.269. The standard InChI is InChI=1S/C33H33N5O3/c1-4-29-28-22-37(33(39)34-21-23-11-8-15-26(19-23)40-2)31(24-12-9-16-27(20-24)41-3)30-17-10-18-36(30)32(28)38(35-29)25-13-6-5-7-14-25/h5-20,31H,4,21-22H2,1-3H3,(H,34,39)/t31-/m0/s1. The van der Waals surface area contributed by atoms with Crippen LogP contribution in [0.5, 0.6) is 11.5 Å². The summed E-state index contributed by atoms with van der Waals surface area (Å²) in [6.45, 7) is 2.86. The third-order valence-electron chi connectivity index (χ3n) is 7.55. The lowest BCUT2D eigenvalue weighted by molar-refractivity contribution is 0.180. The van der Waals surface area contributed by atoms with Crippen molar-refractivity contribution in [1.82, 2.24) is 24.6 Å². The summed E-state index contributed by atoms with van der Waals surface area (Å²) in [6.07, 6.45) is 2.79. The van der Waals surface area contributed by atoms with Crippen LogP contribution in [0.25, 0.3) is 11.5 Å². The number of aromatic nitrogens is 3. The number of para-hydroxylation sites is 1. The van der Waals surface area contributed by atoms with E-state index < -0.39 is 0 Å². The van der Waals surface area contributed by atoms with Crippen molar-refractivity contribution in [3.8, 4) is 23.0 Å². The summed E-state index contributed by atoms with van der Waals surface area (Å²) in [7, 11) is 3.30. The molecule has 5 aromatic rings. The zero-order valence-electron chi connectivity index (χ0n) is 23.4. The fourth-order valence-corrected chi connectivity index (χ4v) is 5.57. The summed E-state index contributed by atoms with van der Waals surface area (Å²) < 4.78 is 15.1. The van der Waals surface area contributed by atoms with Gasteiger partial charge in [0.2, 0.25) is 0 Å². The van der Waals surface area contributed by atoms with Crippen LogP contribution in [0.1, 0.15) is 41.0 Å². The second kappa shape index (κ2) is 11.3. The normalized spacial score (nSPS) is 14.1. The average molecular weight is 548 g/mol. The lowest BCUT2D eigenvalue weighted by atomic mass is 10.0. The number of ether oxygens (including phenoxy) is 2. The SMILES string of the molecule is CCc1nn(-c2ccccc2)c2c1CN(C(=O)NCc1cccc(OC)c1)[C@@H](c1cccc(OC)c1)c1cccn1-2. The van der Waals surface area contributed by atoms with Crippen LogP contribution in [0.2, 0.25) is 0 Å². The van der Waals surface area contributed by atoms with Crippen molar-refractivity contribution in [2.75, 3.05) is 14.2 Å². The molecule has 0 spiro atoms. The Labute approximate surface area is 239 Å². The fraction of sp³-hybridized carbons (Fsp3) is 0.212. The molecule has 1 aliphatic rings. The largest absolute Gasteiger partial charge is 0.497 e. The maximum Gasteiger partial charge on any atom is 0.318 e. The number of urea groups is 1. The molecule has 2 aromatic heterocycles. The van der Waals surface area contributed by atoms with Crippen LogP contribution in [0.15, 0.2) is 97.2 Å². The van der Waals surface area contributed by atoms with Gasteiger partial charge >= 0.3 is 6.03 Å². The van der Waals surface area contributed by atoms with Gasteiger partial charge in [-0.25, -0.2) is 9.48 Å². The third kappa shape index (κ3) is 4.93. The van der Waals surface area contributed by atoms with Crippen molar-refractivity contribution in [1.29, 1.82) is 0 Å². The van der Waals surface area contributed by atoms with Gasteiger partial charge in [0.25, 0.3) is 0 Å². The summed E-state index contributed by atoms with van der Waals surface area (Å²) in [5.41, 5.74) is 5.84. The number of fused-ring (bicyclic) bond motifs is 3. The Morgan fingerprint density at radius 1 is 0.927 bits per heavy atom. The zero-order valence-corrected chi connectivity index (χ0v) is 23.4. The molecule has 1 atom stereocenters. The molecule has 0 radical (unpaired) electrons. The maximum absolute atomic E-state index is 14.2. The van der Waals surface area contributed by atoms with E-state index in [9.17, 15) is 4.79 Å². The first-order chi connectivity index (χ1) is 20.1. The van der Waals surface area contributed by atoms with Crippen molar-refractivity contribution in [3.63, 3.8) is 0 Å². The molecule has 0 unspecified atom stereocenters. The Bertz CT molecular complexity index is 1670. The van der Waals surface area contributed by atoms with E-state index in [4.69, 9.17) is 14.6 Å². The van der Waals surface area contributed by atoms with E-state index in [1.165, 1.54) is 0 Å². The second-order valence-electron chi connectivity index (χ2n) is 9.97. The highest BCUT2D eigenvalue weighted by atomic mass is 16.5. The Hall–Kier alpha value is -4.98. The summed E-state index contributed by atoms with van der Waals surface area (Å²) in [6, 6.07) is 29.4. The first kappa shape index (κ1) is 26.3. The van der Waals surface area contributed by atoms with Gasteiger partial charge in [-0.3, -0.25) is 0 Å². The number of hydrogen-bond donors (Lipinski definition) is 1. The molecular formula is C33H33N5O3. The van der Waals surface area contributed by atoms with Gasteiger partial charge in [-0.05, 0) is 66.1 Å². The minimum Gasteiger partial charge on any atom is -0.497 e. The molecule has 2 amide bonds. The number of amides is 2. The van der Waals surface area contributed by atoms with Crippen LogP contribution in [0.4, 0.5) is 4.79 Å². The molecule has 0 bridgehead atoms. The summed E-state index contributed by atoms with van der Waals surface area (Å²) in [5, 5.41) is 8.21. The number of carbonyl (C=O) groups is 1. The second-order valence-corrected chi connectivity index (χ2v) is 9.97. The summed E-state index contributed by atoms with van der Waals surface area (Å²) in [5.74, 6) is 2.44. The number of aryl methyl sites for hydroxylation is 1. The predicted octanol–water partition coefficient (Wildman–Crippen LogP) is 6.06. The average Bonchev–Trinajstić information content (AvgIpc) is 3.61. The minimum atomic E-state index is -0.369.